The molecule has 1 aliphatic rings. The molecular formula is C15H14N4O2. The van der Waals surface area contributed by atoms with E-state index in [1.165, 1.54) is 0 Å². The van der Waals surface area contributed by atoms with E-state index in [0.717, 1.165) is 45.3 Å². The van der Waals surface area contributed by atoms with Crippen LogP contribution in [0.2, 0.25) is 0 Å². The molecule has 2 aromatic heterocycles. The zero-order chi connectivity index (χ0) is 14.4. The van der Waals surface area contributed by atoms with Gasteiger partial charge in [0.1, 0.15) is 19.0 Å². The summed E-state index contributed by atoms with van der Waals surface area (Å²) in [5, 5.41) is 8.19. The molecule has 6 nitrogen and oxygen atoms in total. The van der Waals surface area contributed by atoms with E-state index in [1.54, 1.807) is 0 Å². The van der Waals surface area contributed by atoms with Crippen LogP contribution >= 0.6 is 0 Å². The number of ether oxygens (including phenoxy) is 2. The number of benzene rings is 1. The number of H-pyrrole nitrogens is 1. The average Bonchev–Trinajstić information content (AvgIpc) is 2.89. The number of aromatic amines is 1. The number of aromatic nitrogens is 4. The summed E-state index contributed by atoms with van der Waals surface area (Å²) in [6.45, 7) is 4.99. The highest BCUT2D eigenvalue weighted by atomic mass is 16.6. The number of hydrogen-bond donors (Lipinski definition) is 1. The van der Waals surface area contributed by atoms with Crippen molar-refractivity contribution in [2.24, 2.45) is 0 Å². The van der Waals surface area contributed by atoms with Gasteiger partial charge in [-0.05, 0) is 19.9 Å². The largest absolute Gasteiger partial charge is 0.486 e. The minimum atomic E-state index is 0.572. The number of rotatable bonds is 1. The average molecular weight is 282 g/mol. The Bertz CT molecular complexity index is 798. The lowest BCUT2D eigenvalue weighted by atomic mass is 10.2. The van der Waals surface area contributed by atoms with Gasteiger partial charge in [0.25, 0.3) is 0 Å². The summed E-state index contributed by atoms with van der Waals surface area (Å²) in [5.41, 5.74) is 4.43. The molecule has 0 radical (unpaired) electrons. The van der Waals surface area contributed by atoms with Crippen LogP contribution in [0, 0.1) is 13.8 Å². The Hall–Kier alpha value is -2.63. The van der Waals surface area contributed by atoms with Gasteiger partial charge in [0, 0.05) is 17.7 Å². The maximum Gasteiger partial charge on any atom is 0.163 e. The molecule has 0 saturated carbocycles. The first kappa shape index (κ1) is 12.1. The van der Waals surface area contributed by atoms with Crippen molar-refractivity contribution in [3.05, 3.63) is 29.6 Å². The topological polar surface area (TPSA) is 72.9 Å². The zero-order valence-corrected chi connectivity index (χ0v) is 11.8. The van der Waals surface area contributed by atoms with Crippen molar-refractivity contribution in [2.75, 3.05) is 13.2 Å². The summed E-state index contributed by atoms with van der Waals surface area (Å²) in [6, 6.07) is 5.81. The van der Waals surface area contributed by atoms with Crippen LogP contribution in [0.3, 0.4) is 0 Å². The first-order valence-electron chi connectivity index (χ1n) is 6.81. The molecule has 106 valence electrons. The van der Waals surface area contributed by atoms with Crippen molar-refractivity contribution in [2.45, 2.75) is 13.8 Å². The summed E-state index contributed by atoms with van der Waals surface area (Å²) in [5.74, 6) is 2.28. The predicted octanol–water partition coefficient (Wildman–Crippen LogP) is 2.41. The lowest BCUT2D eigenvalue weighted by Crippen LogP contribution is -2.15. The molecular weight excluding hydrogens is 268 g/mol. The molecule has 1 aliphatic heterocycles. The van der Waals surface area contributed by atoms with Gasteiger partial charge in [-0.2, -0.15) is 10.2 Å². The minimum Gasteiger partial charge on any atom is -0.486 e. The van der Waals surface area contributed by atoms with Gasteiger partial charge < -0.3 is 14.5 Å². The molecule has 0 spiro atoms. The van der Waals surface area contributed by atoms with Crippen LogP contribution in [-0.2, 0) is 0 Å². The third kappa shape index (κ3) is 1.99. The maximum absolute atomic E-state index is 5.59. The van der Waals surface area contributed by atoms with Crippen LogP contribution in [0.4, 0.5) is 0 Å². The second-order valence-electron chi connectivity index (χ2n) is 5.08. The van der Waals surface area contributed by atoms with Gasteiger partial charge in [-0.3, -0.25) is 0 Å². The molecule has 1 N–H and O–H groups in total. The van der Waals surface area contributed by atoms with Gasteiger partial charge in [-0.25, -0.2) is 4.98 Å². The van der Waals surface area contributed by atoms with Crippen LogP contribution in [-0.4, -0.2) is 33.4 Å². The molecule has 0 fully saturated rings. The second kappa shape index (κ2) is 4.44. The molecule has 0 unspecified atom stereocenters. The molecule has 0 amide bonds. The molecule has 3 heterocycles. The van der Waals surface area contributed by atoms with Crippen molar-refractivity contribution < 1.29 is 9.47 Å². The van der Waals surface area contributed by atoms with Crippen molar-refractivity contribution in [3.63, 3.8) is 0 Å². The number of hydrogen-bond acceptors (Lipinski definition) is 5. The molecule has 4 rings (SSSR count). The lowest BCUT2D eigenvalue weighted by molar-refractivity contribution is 0.172. The Morgan fingerprint density at radius 3 is 2.57 bits per heavy atom. The number of nitrogens with zero attached hydrogens (tertiary/aromatic N) is 3. The fourth-order valence-corrected chi connectivity index (χ4v) is 2.46. The number of aryl methyl sites for hydroxylation is 2. The Kier molecular flexibility index (Phi) is 2.57. The fourth-order valence-electron chi connectivity index (χ4n) is 2.46. The van der Waals surface area contributed by atoms with Crippen molar-refractivity contribution in [3.8, 4) is 22.9 Å². The smallest absolute Gasteiger partial charge is 0.163 e. The van der Waals surface area contributed by atoms with Crippen LogP contribution < -0.4 is 9.47 Å². The summed E-state index contributed by atoms with van der Waals surface area (Å²) in [6.07, 6.45) is 0. The van der Waals surface area contributed by atoms with Crippen molar-refractivity contribution in [1.82, 2.24) is 20.2 Å². The van der Waals surface area contributed by atoms with Crippen molar-refractivity contribution in [1.29, 1.82) is 0 Å². The molecule has 0 bridgehead atoms. The first-order chi connectivity index (χ1) is 10.2. The molecule has 0 atom stereocenters. The van der Waals surface area contributed by atoms with E-state index in [9.17, 15) is 0 Å². The van der Waals surface area contributed by atoms with Crippen LogP contribution in [0.15, 0.2) is 18.2 Å². The summed E-state index contributed by atoms with van der Waals surface area (Å²) in [7, 11) is 0. The second-order valence-corrected chi connectivity index (χ2v) is 5.08. The normalized spacial score (nSPS) is 13.6. The Balaban J connectivity index is 1.88. The number of nitrogens with one attached hydrogen (secondary N) is 1. The summed E-state index contributed by atoms with van der Waals surface area (Å²) >= 11 is 0. The lowest BCUT2D eigenvalue weighted by Gasteiger charge is -2.17. The molecule has 1 aromatic carbocycles. The van der Waals surface area contributed by atoms with Crippen LogP contribution in [0.5, 0.6) is 11.5 Å². The Morgan fingerprint density at radius 2 is 1.76 bits per heavy atom. The SMILES string of the molecule is Cc1cc(-c2nc3cc4c(cc3[nH]2)OCCO4)c(C)nn1. The van der Waals surface area contributed by atoms with E-state index in [1.807, 2.05) is 32.0 Å². The molecule has 21 heavy (non-hydrogen) atoms. The molecule has 3 aromatic rings. The Morgan fingerprint density at radius 1 is 1.00 bits per heavy atom. The predicted molar refractivity (Wildman–Crippen MR) is 77.6 cm³/mol. The van der Waals surface area contributed by atoms with E-state index in [-0.39, 0.29) is 0 Å². The molecule has 0 saturated heterocycles. The van der Waals surface area contributed by atoms with Gasteiger partial charge in [0.2, 0.25) is 0 Å². The van der Waals surface area contributed by atoms with Gasteiger partial charge in [0.05, 0.1) is 22.4 Å². The highest BCUT2D eigenvalue weighted by molar-refractivity contribution is 5.83. The number of fused-ring (bicyclic) bond motifs is 2. The van der Waals surface area contributed by atoms with Gasteiger partial charge in [0.15, 0.2) is 11.5 Å². The van der Waals surface area contributed by atoms with Crippen molar-refractivity contribution >= 4 is 11.0 Å². The third-order valence-electron chi connectivity index (χ3n) is 3.50. The standard InChI is InChI=1S/C15H14N4O2/c1-8-5-10(9(2)19-18-8)15-16-11-6-13-14(7-12(11)17-15)21-4-3-20-13/h5-7H,3-4H2,1-2H3,(H,16,17). The van der Waals surface area contributed by atoms with E-state index in [2.05, 4.69) is 20.2 Å². The summed E-state index contributed by atoms with van der Waals surface area (Å²) < 4.78 is 11.2. The fraction of sp³-hybridized carbons (Fsp3) is 0.267. The Labute approximate surface area is 121 Å². The van der Waals surface area contributed by atoms with Gasteiger partial charge in [-0.1, -0.05) is 0 Å². The monoisotopic (exact) mass is 282 g/mol. The van der Waals surface area contributed by atoms with Crippen LogP contribution in [0.1, 0.15) is 11.4 Å². The maximum atomic E-state index is 5.59. The highest BCUT2D eigenvalue weighted by Crippen LogP contribution is 2.34. The summed E-state index contributed by atoms with van der Waals surface area (Å²) in [4.78, 5) is 7.95. The minimum absolute atomic E-state index is 0.572. The van der Waals surface area contributed by atoms with E-state index >= 15 is 0 Å². The van der Waals surface area contributed by atoms with Gasteiger partial charge in [-0.15, -0.1) is 0 Å². The van der Waals surface area contributed by atoms with E-state index in [0.29, 0.717) is 13.2 Å². The highest BCUT2D eigenvalue weighted by Gasteiger charge is 2.16. The van der Waals surface area contributed by atoms with E-state index < -0.39 is 0 Å². The first-order valence-corrected chi connectivity index (χ1v) is 6.81. The zero-order valence-electron chi connectivity index (χ0n) is 11.8. The quantitative estimate of drug-likeness (QED) is 0.742. The number of imidazole rings is 1. The molecule has 0 aliphatic carbocycles. The molecule has 6 heteroatoms. The van der Waals surface area contributed by atoms with Crippen LogP contribution in [0.25, 0.3) is 22.4 Å². The third-order valence-corrected chi connectivity index (χ3v) is 3.50. The van der Waals surface area contributed by atoms with Gasteiger partial charge >= 0.3 is 0 Å². The van der Waals surface area contributed by atoms with E-state index in [4.69, 9.17) is 9.47 Å².